The van der Waals surface area contributed by atoms with Gasteiger partial charge in [0.2, 0.25) is 15.9 Å². The second-order valence-corrected chi connectivity index (χ2v) is 11.6. The van der Waals surface area contributed by atoms with Gasteiger partial charge in [-0.1, -0.05) is 19.3 Å². The van der Waals surface area contributed by atoms with Crippen LogP contribution in [0.4, 0.5) is 17.1 Å². The van der Waals surface area contributed by atoms with Crippen LogP contribution in [0.25, 0.3) is 0 Å². The maximum absolute atomic E-state index is 12.5. The van der Waals surface area contributed by atoms with Gasteiger partial charge in [-0.2, -0.15) is 0 Å². The van der Waals surface area contributed by atoms with Crippen molar-refractivity contribution in [2.45, 2.75) is 57.6 Å². The SMILES string of the molecule is CC(C)(C)S(=O)(=O)Nc1ccc(C(=O)Nc2ccc(NC(=O)C3CCCCC3)cc2)cc1. The summed E-state index contributed by atoms with van der Waals surface area (Å²) in [7, 11) is -3.53. The lowest BCUT2D eigenvalue weighted by Gasteiger charge is -2.20. The Hall–Kier alpha value is -2.87. The number of carbonyl (C=O) groups excluding carboxylic acids is 2. The van der Waals surface area contributed by atoms with Crippen LogP contribution in [0.15, 0.2) is 48.5 Å². The zero-order chi connectivity index (χ0) is 23.4. The molecule has 0 aromatic heterocycles. The molecule has 1 saturated carbocycles. The number of amides is 2. The van der Waals surface area contributed by atoms with Crippen molar-refractivity contribution in [2.75, 3.05) is 15.4 Å². The fourth-order valence-corrected chi connectivity index (χ4v) is 4.20. The van der Waals surface area contributed by atoms with Crippen LogP contribution >= 0.6 is 0 Å². The third-order valence-electron chi connectivity index (χ3n) is 5.59. The molecule has 2 aromatic rings. The first-order valence-electron chi connectivity index (χ1n) is 10.9. The lowest BCUT2D eigenvalue weighted by atomic mass is 9.88. The molecule has 0 bridgehead atoms. The fourth-order valence-electron chi connectivity index (χ4n) is 3.45. The molecular weight excluding hydrogens is 426 g/mol. The number of nitrogens with one attached hydrogen (secondary N) is 3. The average Bonchev–Trinajstić information content (AvgIpc) is 2.75. The van der Waals surface area contributed by atoms with E-state index in [1.54, 1.807) is 69.3 Å². The number of anilines is 3. The molecule has 3 rings (SSSR count). The Labute approximate surface area is 190 Å². The van der Waals surface area contributed by atoms with Crippen molar-refractivity contribution in [2.24, 2.45) is 5.92 Å². The summed E-state index contributed by atoms with van der Waals surface area (Å²) in [6, 6.07) is 13.2. The molecule has 0 saturated heterocycles. The van der Waals surface area contributed by atoms with Gasteiger partial charge in [0.1, 0.15) is 0 Å². The number of benzene rings is 2. The summed E-state index contributed by atoms with van der Waals surface area (Å²) in [4.78, 5) is 24.9. The summed E-state index contributed by atoms with van der Waals surface area (Å²) < 4.78 is 26.1. The molecule has 172 valence electrons. The van der Waals surface area contributed by atoms with Crippen molar-refractivity contribution in [1.82, 2.24) is 0 Å². The van der Waals surface area contributed by atoms with Crippen LogP contribution < -0.4 is 15.4 Å². The quantitative estimate of drug-likeness (QED) is 0.568. The van der Waals surface area contributed by atoms with Gasteiger partial charge in [0.15, 0.2) is 0 Å². The van der Waals surface area contributed by atoms with E-state index < -0.39 is 14.8 Å². The summed E-state index contributed by atoms with van der Waals surface area (Å²) in [5.41, 5.74) is 2.10. The first kappa shape index (κ1) is 23.8. The predicted octanol–water partition coefficient (Wildman–Crippen LogP) is 5.00. The summed E-state index contributed by atoms with van der Waals surface area (Å²) >= 11 is 0. The van der Waals surface area contributed by atoms with Gasteiger partial charge >= 0.3 is 0 Å². The van der Waals surface area contributed by atoms with Crippen LogP contribution in [-0.4, -0.2) is 25.0 Å². The van der Waals surface area contributed by atoms with Crippen molar-refractivity contribution in [3.05, 3.63) is 54.1 Å². The maximum atomic E-state index is 12.5. The Balaban J connectivity index is 1.57. The van der Waals surface area contributed by atoms with E-state index in [4.69, 9.17) is 0 Å². The third-order valence-corrected chi connectivity index (χ3v) is 7.71. The van der Waals surface area contributed by atoms with Crippen molar-refractivity contribution in [3.8, 4) is 0 Å². The summed E-state index contributed by atoms with van der Waals surface area (Å²) in [6.07, 6.45) is 5.29. The number of rotatable bonds is 6. The van der Waals surface area contributed by atoms with Gasteiger partial charge in [-0.05, 0) is 82.1 Å². The Bertz CT molecular complexity index is 1050. The lowest BCUT2D eigenvalue weighted by molar-refractivity contribution is -0.120. The number of hydrogen-bond acceptors (Lipinski definition) is 4. The Morgan fingerprint density at radius 3 is 1.81 bits per heavy atom. The predicted molar refractivity (Wildman–Crippen MR) is 128 cm³/mol. The molecule has 2 amide bonds. The second-order valence-electron chi connectivity index (χ2n) is 9.15. The molecular formula is C24H31N3O4S. The Kier molecular flexibility index (Phi) is 7.23. The highest BCUT2D eigenvalue weighted by atomic mass is 32.2. The standard InChI is InChI=1S/C24H31N3O4S/c1-24(2,3)32(30,31)27-21-11-9-18(10-12-21)23(29)26-20-15-13-19(14-16-20)25-22(28)17-7-5-4-6-8-17/h9-17,27H,4-8H2,1-3H3,(H,25,28)(H,26,29). The van der Waals surface area contributed by atoms with Gasteiger partial charge in [-0.3, -0.25) is 14.3 Å². The van der Waals surface area contributed by atoms with Crippen molar-refractivity contribution < 1.29 is 18.0 Å². The molecule has 0 heterocycles. The highest BCUT2D eigenvalue weighted by molar-refractivity contribution is 7.94. The van der Waals surface area contributed by atoms with E-state index in [2.05, 4.69) is 15.4 Å². The van der Waals surface area contributed by atoms with Crippen LogP contribution in [0.1, 0.15) is 63.2 Å². The number of sulfonamides is 1. The molecule has 32 heavy (non-hydrogen) atoms. The van der Waals surface area contributed by atoms with Crippen LogP contribution in [-0.2, 0) is 14.8 Å². The van der Waals surface area contributed by atoms with Gasteiger partial charge < -0.3 is 10.6 Å². The van der Waals surface area contributed by atoms with E-state index in [1.807, 2.05) is 0 Å². The van der Waals surface area contributed by atoms with E-state index in [9.17, 15) is 18.0 Å². The van der Waals surface area contributed by atoms with Crippen molar-refractivity contribution >= 4 is 38.9 Å². The molecule has 2 aromatic carbocycles. The van der Waals surface area contributed by atoms with Crippen molar-refractivity contribution in [1.29, 1.82) is 0 Å². The molecule has 1 fully saturated rings. The van der Waals surface area contributed by atoms with Gasteiger partial charge in [0, 0.05) is 28.5 Å². The van der Waals surface area contributed by atoms with E-state index in [0.717, 1.165) is 25.7 Å². The van der Waals surface area contributed by atoms with Crippen LogP contribution in [0.2, 0.25) is 0 Å². The highest BCUT2D eigenvalue weighted by Gasteiger charge is 2.28. The summed E-state index contributed by atoms with van der Waals surface area (Å²) in [5, 5.41) is 5.76. The van der Waals surface area contributed by atoms with Crippen LogP contribution in [0.5, 0.6) is 0 Å². The molecule has 1 aliphatic carbocycles. The minimum Gasteiger partial charge on any atom is -0.326 e. The van der Waals surface area contributed by atoms with E-state index in [0.29, 0.717) is 22.6 Å². The number of carbonyl (C=O) groups is 2. The summed E-state index contributed by atoms with van der Waals surface area (Å²) in [6.45, 7) is 4.84. The average molecular weight is 458 g/mol. The molecule has 8 heteroatoms. The normalized spacial score (nSPS) is 15.1. The molecule has 0 atom stereocenters. The fraction of sp³-hybridized carbons (Fsp3) is 0.417. The second kappa shape index (κ2) is 9.73. The largest absolute Gasteiger partial charge is 0.326 e. The summed E-state index contributed by atoms with van der Waals surface area (Å²) in [5.74, 6) is -0.170. The van der Waals surface area contributed by atoms with Gasteiger partial charge in [-0.25, -0.2) is 8.42 Å². The molecule has 0 unspecified atom stereocenters. The Morgan fingerprint density at radius 1 is 0.781 bits per heavy atom. The smallest absolute Gasteiger partial charge is 0.255 e. The minimum absolute atomic E-state index is 0.0589. The zero-order valence-electron chi connectivity index (χ0n) is 18.8. The van der Waals surface area contributed by atoms with Crippen molar-refractivity contribution in [3.63, 3.8) is 0 Å². The van der Waals surface area contributed by atoms with E-state index in [-0.39, 0.29) is 17.7 Å². The zero-order valence-corrected chi connectivity index (χ0v) is 19.6. The highest BCUT2D eigenvalue weighted by Crippen LogP contribution is 2.25. The van der Waals surface area contributed by atoms with Gasteiger partial charge in [0.05, 0.1) is 4.75 Å². The van der Waals surface area contributed by atoms with Gasteiger partial charge in [0.25, 0.3) is 5.91 Å². The molecule has 0 radical (unpaired) electrons. The Morgan fingerprint density at radius 2 is 1.28 bits per heavy atom. The topological polar surface area (TPSA) is 104 Å². The first-order valence-corrected chi connectivity index (χ1v) is 12.4. The van der Waals surface area contributed by atoms with E-state index in [1.165, 1.54) is 6.42 Å². The maximum Gasteiger partial charge on any atom is 0.255 e. The minimum atomic E-state index is -3.53. The molecule has 3 N–H and O–H groups in total. The van der Waals surface area contributed by atoms with Crippen LogP contribution in [0, 0.1) is 5.92 Å². The molecule has 0 aliphatic heterocycles. The monoisotopic (exact) mass is 457 g/mol. The van der Waals surface area contributed by atoms with Gasteiger partial charge in [-0.15, -0.1) is 0 Å². The first-order chi connectivity index (χ1) is 15.0. The molecule has 0 spiro atoms. The molecule has 7 nitrogen and oxygen atoms in total. The number of hydrogen-bond donors (Lipinski definition) is 3. The third kappa shape index (κ3) is 6.09. The lowest BCUT2D eigenvalue weighted by Crippen LogP contribution is -2.33. The molecule has 1 aliphatic rings. The van der Waals surface area contributed by atoms with E-state index >= 15 is 0 Å². The van der Waals surface area contributed by atoms with Crippen LogP contribution in [0.3, 0.4) is 0 Å².